The van der Waals surface area contributed by atoms with E-state index in [4.69, 9.17) is 19.5 Å². The van der Waals surface area contributed by atoms with Crippen molar-refractivity contribution in [2.45, 2.75) is 63.7 Å². The molecule has 2 aliphatic rings. The fourth-order valence-corrected chi connectivity index (χ4v) is 6.93. The highest BCUT2D eigenvalue weighted by Gasteiger charge is 2.36. The molecule has 0 bridgehead atoms. The number of alkyl carbamates (subject to hydrolysis) is 1. The summed E-state index contributed by atoms with van der Waals surface area (Å²) < 4.78 is 10.9. The van der Waals surface area contributed by atoms with Crippen LogP contribution in [0.15, 0.2) is 47.0 Å². The normalized spacial score (nSPS) is 18.8. The van der Waals surface area contributed by atoms with Crippen LogP contribution in [-0.4, -0.2) is 96.1 Å². The Bertz CT molecular complexity index is 2100. The molecule has 4 atom stereocenters. The van der Waals surface area contributed by atoms with Gasteiger partial charge in [0.2, 0.25) is 17.7 Å². The number of aromatic nitrogens is 5. The number of H-pyrrole nitrogens is 2. The van der Waals surface area contributed by atoms with Crippen molar-refractivity contribution in [2.75, 3.05) is 20.2 Å². The highest BCUT2D eigenvalue weighted by Crippen LogP contribution is 2.36. The number of fused-ring (bicyclic) bond motifs is 2. The summed E-state index contributed by atoms with van der Waals surface area (Å²) in [5.41, 5.74) is 4.38. The van der Waals surface area contributed by atoms with Crippen LogP contribution < -0.4 is 10.6 Å². The third kappa shape index (κ3) is 6.08. The number of oxazole rings is 1. The lowest BCUT2D eigenvalue weighted by molar-refractivity contribution is -0.134. The summed E-state index contributed by atoms with van der Waals surface area (Å²) in [7, 11) is 1.26. The molecule has 50 heavy (non-hydrogen) atoms. The molecule has 3 aromatic heterocycles. The standard InChI is InChI=1S/C34H37N9O7/c1-17(36-33(46)47)31(44)42-13-5-9-24(42)28-38-21-12-11-19(15-23(21)40-28)26-16-35-30(50-26)20-7-4-8-22-27(20)41-29(39-22)25-10-6-14-43(25)32(45)18(2)37-34(48)49-3/h4,7-8,11-12,15-18,24-25,36H,5-6,9-10,13-14H2,1-3H3,(H,37,48)(H,38,40)(H,39,41)(H,46,47)/t17-,18-,24-,25-/m0/s1. The molecule has 0 saturated carbocycles. The van der Waals surface area contributed by atoms with Crippen molar-refractivity contribution in [2.24, 2.45) is 0 Å². The van der Waals surface area contributed by atoms with Crippen molar-refractivity contribution in [3.05, 3.63) is 54.2 Å². The Morgan fingerprint density at radius 2 is 1.58 bits per heavy atom. The second-order valence-corrected chi connectivity index (χ2v) is 12.6. The van der Waals surface area contributed by atoms with E-state index >= 15 is 0 Å². The average molecular weight is 684 g/mol. The molecule has 16 nitrogen and oxygen atoms in total. The van der Waals surface area contributed by atoms with Gasteiger partial charge in [-0.15, -0.1) is 0 Å². The molecular formula is C34H37N9O7. The summed E-state index contributed by atoms with van der Waals surface area (Å²) in [6.45, 7) is 4.24. The number of carbonyl (C=O) groups is 4. The van der Waals surface area contributed by atoms with Gasteiger partial charge in [0.25, 0.3) is 0 Å². The van der Waals surface area contributed by atoms with Crippen molar-refractivity contribution in [1.82, 2.24) is 45.4 Å². The number of para-hydroxylation sites is 1. The second-order valence-electron chi connectivity index (χ2n) is 12.6. The number of hydrogen-bond acceptors (Lipinski definition) is 9. The van der Waals surface area contributed by atoms with E-state index < -0.39 is 24.3 Å². The summed E-state index contributed by atoms with van der Waals surface area (Å²) in [6.07, 6.45) is 2.77. The predicted octanol–water partition coefficient (Wildman–Crippen LogP) is 4.49. The molecule has 0 spiro atoms. The molecule has 5 N–H and O–H groups in total. The Kier molecular flexibility index (Phi) is 8.59. The van der Waals surface area contributed by atoms with Gasteiger partial charge >= 0.3 is 12.2 Å². The lowest BCUT2D eigenvalue weighted by atomic mass is 10.1. The van der Waals surface area contributed by atoms with Crippen molar-refractivity contribution in [1.29, 1.82) is 0 Å². The summed E-state index contributed by atoms with van der Waals surface area (Å²) in [6, 6.07) is 9.18. The molecule has 0 radical (unpaired) electrons. The number of nitrogens with zero attached hydrogens (tertiary/aromatic N) is 5. The number of imidazole rings is 2. The molecule has 4 amide bonds. The monoisotopic (exact) mass is 683 g/mol. The van der Waals surface area contributed by atoms with Crippen molar-refractivity contribution >= 4 is 46.1 Å². The largest absolute Gasteiger partial charge is 0.465 e. The number of aromatic amines is 2. The molecule has 260 valence electrons. The molecule has 2 fully saturated rings. The lowest BCUT2D eigenvalue weighted by Gasteiger charge is -2.26. The minimum absolute atomic E-state index is 0.214. The fraction of sp³-hybridized carbons (Fsp3) is 0.382. The van der Waals surface area contributed by atoms with Gasteiger partial charge in [0.05, 0.1) is 47.5 Å². The van der Waals surface area contributed by atoms with E-state index in [1.165, 1.54) is 14.0 Å². The van der Waals surface area contributed by atoms with Gasteiger partial charge in [-0.2, -0.15) is 0 Å². The van der Waals surface area contributed by atoms with Crippen LogP contribution in [0.3, 0.4) is 0 Å². The minimum atomic E-state index is -1.24. The number of methoxy groups -OCH3 is 1. The second kappa shape index (κ2) is 13.2. The first-order valence-electron chi connectivity index (χ1n) is 16.5. The first-order chi connectivity index (χ1) is 24.1. The van der Waals surface area contributed by atoms with Crippen LogP contribution in [0.25, 0.3) is 44.8 Å². The Morgan fingerprint density at radius 3 is 2.26 bits per heavy atom. The van der Waals surface area contributed by atoms with Crippen LogP contribution in [0.4, 0.5) is 9.59 Å². The molecule has 5 heterocycles. The van der Waals surface area contributed by atoms with Gasteiger partial charge in [-0.05, 0) is 69.9 Å². The summed E-state index contributed by atoms with van der Waals surface area (Å²) in [5.74, 6) is 1.70. The fourth-order valence-electron chi connectivity index (χ4n) is 6.93. The van der Waals surface area contributed by atoms with E-state index in [1.807, 2.05) is 36.4 Å². The van der Waals surface area contributed by atoms with Gasteiger partial charge in [0.15, 0.2) is 5.76 Å². The smallest absolute Gasteiger partial charge is 0.407 e. The Labute approximate surface area is 285 Å². The quantitative estimate of drug-likeness (QED) is 0.155. The van der Waals surface area contributed by atoms with E-state index in [0.717, 1.165) is 41.4 Å². The van der Waals surface area contributed by atoms with Crippen LogP contribution >= 0.6 is 0 Å². The van der Waals surface area contributed by atoms with Crippen LogP contribution in [0, 0.1) is 0 Å². The maximum atomic E-state index is 13.2. The van der Waals surface area contributed by atoms with E-state index in [-0.39, 0.29) is 23.9 Å². The molecule has 7 rings (SSSR count). The SMILES string of the molecule is COC(=O)N[C@@H](C)C(=O)N1CCC[C@H]1c1nc2c(-c3ncc(-c4ccc5nc([C@@H]6CCCN6C(=O)[C@H](C)NC(=O)O)[nH]c5c4)o3)cccc2[nH]1. The lowest BCUT2D eigenvalue weighted by Crippen LogP contribution is -2.46. The Balaban J connectivity index is 1.12. The third-order valence-corrected chi connectivity index (χ3v) is 9.36. The van der Waals surface area contributed by atoms with Gasteiger partial charge < -0.3 is 44.7 Å². The van der Waals surface area contributed by atoms with Gasteiger partial charge in [-0.1, -0.05) is 6.07 Å². The third-order valence-electron chi connectivity index (χ3n) is 9.36. The average Bonchev–Trinajstić information content (AvgIpc) is 3.94. The number of ether oxygens (including phenoxy) is 1. The zero-order chi connectivity index (χ0) is 35.1. The molecule has 2 aliphatic heterocycles. The zero-order valence-electron chi connectivity index (χ0n) is 27.7. The van der Waals surface area contributed by atoms with Gasteiger partial charge in [0, 0.05) is 18.7 Å². The topological polar surface area (TPSA) is 212 Å². The number of likely N-dealkylation sites (tertiary alicyclic amines) is 2. The van der Waals surface area contributed by atoms with E-state index in [0.29, 0.717) is 53.9 Å². The predicted molar refractivity (Wildman–Crippen MR) is 180 cm³/mol. The first-order valence-corrected chi connectivity index (χ1v) is 16.5. The first kappa shape index (κ1) is 32.6. The molecule has 2 saturated heterocycles. The van der Waals surface area contributed by atoms with Gasteiger partial charge in [0.1, 0.15) is 29.2 Å². The number of benzene rings is 2. The molecule has 2 aromatic carbocycles. The molecule has 5 aromatic rings. The number of carboxylic acid groups (broad SMARTS) is 1. The summed E-state index contributed by atoms with van der Waals surface area (Å²) in [4.78, 5) is 73.4. The number of rotatable bonds is 8. The van der Waals surface area contributed by atoms with E-state index in [1.54, 1.807) is 22.9 Å². The van der Waals surface area contributed by atoms with E-state index in [9.17, 15) is 19.2 Å². The number of carbonyl (C=O) groups excluding carboxylic acids is 3. The number of amides is 4. The van der Waals surface area contributed by atoms with Gasteiger partial charge in [-0.25, -0.2) is 24.5 Å². The van der Waals surface area contributed by atoms with Crippen molar-refractivity contribution in [3.63, 3.8) is 0 Å². The highest BCUT2D eigenvalue weighted by atomic mass is 16.5. The van der Waals surface area contributed by atoms with E-state index in [2.05, 4.69) is 30.3 Å². The highest BCUT2D eigenvalue weighted by molar-refractivity contribution is 5.91. The van der Waals surface area contributed by atoms with Gasteiger partial charge in [-0.3, -0.25) is 9.59 Å². The van der Waals surface area contributed by atoms with Crippen LogP contribution in [-0.2, 0) is 14.3 Å². The van der Waals surface area contributed by atoms with Crippen LogP contribution in [0.5, 0.6) is 0 Å². The maximum absolute atomic E-state index is 13.2. The number of hydrogen-bond donors (Lipinski definition) is 5. The Morgan fingerprint density at radius 1 is 0.920 bits per heavy atom. The molecule has 16 heteroatoms. The Hall–Kier alpha value is -5.93. The van der Waals surface area contributed by atoms with Crippen LogP contribution in [0.2, 0.25) is 0 Å². The summed E-state index contributed by atoms with van der Waals surface area (Å²) >= 11 is 0. The molecule has 0 aliphatic carbocycles. The maximum Gasteiger partial charge on any atom is 0.407 e. The summed E-state index contributed by atoms with van der Waals surface area (Å²) in [5, 5.41) is 13.8. The molecule has 0 unspecified atom stereocenters. The van der Waals surface area contributed by atoms with Crippen molar-refractivity contribution < 1.29 is 33.4 Å². The number of nitrogens with one attached hydrogen (secondary N) is 4. The minimum Gasteiger partial charge on any atom is -0.465 e. The van der Waals surface area contributed by atoms with Crippen molar-refractivity contribution in [3.8, 4) is 22.8 Å². The van der Waals surface area contributed by atoms with Crippen LogP contribution in [0.1, 0.15) is 63.3 Å². The molecular weight excluding hydrogens is 646 g/mol. The zero-order valence-corrected chi connectivity index (χ0v) is 27.7.